The molecule has 0 aliphatic rings. The minimum Gasteiger partial charge on any atom is -0.428 e. The third-order valence-corrected chi connectivity index (χ3v) is 5.98. The molecular weight excluding hydrogens is 439 g/mol. The van der Waals surface area contributed by atoms with Crippen LogP contribution in [0, 0.1) is 6.92 Å². The molecule has 8 heteroatoms. The van der Waals surface area contributed by atoms with Crippen LogP contribution in [0.15, 0.2) is 41.4 Å². The largest absolute Gasteiger partial charge is 0.428 e. The highest BCUT2D eigenvalue weighted by molar-refractivity contribution is 7.07. The first-order valence-corrected chi connectivity index (χ1v) is 11.1. The summed E-state index contributed by atoms with van der Waals surface area (Å²) in [5.41, 5.74) is 2.85. The second-order valence-electron chi connectivity index (χ2n) is 7.37. The second kappa shape index (κ2) is 9.77. The molecule has 1 heterocycles. The van der Waals surface area contributed by atoms with Gasteiger partial charge in [-0.25, -0.2) is 4.99 Å². The molecule has 0 radical (unpaired) electrons. The smallest absolute Gasteiger partial charge is 0.298 e. The lowest BCUT2D eigenvalue weighted by atomic mass is 10.0. The summed E-state index contributed by atoms with van der Waals surface area (Å²) in [6.45, 7) is 8.23. The zero-order chi connectivity index (χ0) is 21.8. The zero-order valence-electron chi connectivity index (χ0n) is 17.6. The van der Waals surface area contributed by atoms with E-state index in [1.54, 1.807) is 12.4 Å². The number of halogens is 2. The fourth-order valence-corrected chi connectivity index (χ4v) is 3.53. The van der Waals surface area contributed by atoms with Gasteiger partial charge in [-0.05, 0) is 56.2 Å². The van der Waals surface area contributed by atoms with Crippen LogP contribution in [-0.2, 0) is 0 Å². The summed E-state index contributed by atoms with van der Waals surface area (Å²) in [5.74, 6) is 1.26. The van der Waals surface area contributed by atoms with Gasteiger partial charge in [-0.3, -0.25) is 0 Å². The van der Waals surface area contributed by atoms with Gasteiger partial charge in [-0.15, -0.1) is 0 Å². The standard InChI is InChI=1S/C22H24Cl2N4OS/c1-13(2)28(5)12-25-19-11-18(24)20(10-14(19)3)29-22-26-21(27-30-22)15(4)16-6-8-17(23)9-7-16/h6-13,15H,1-5H3. The highest BCUT2D eigenvalue weighted by atomic mass is 35.5. The average molecular weight is 463 g/mol. The van der Waals surface area contributed by atoms with Crippen LogP contribution in [0.25, 0.3) is 0 Å². The molecule has 158 valence electrons. The fourth-order valence-electron chi connectivity index (χ4n) is 2.58. The van der Waals surface area contributed by atoms with Crippen LogP contribution in [-0.4, -0.2) is 33.7 Å². The molecule has 0 aliphatic carbocycles. The maximum Gasteiger partial charge on any atom is 0.298 e. The number of benzene rings is 2. The number of hydrogen-bond donors (Lipinski definition) is 0. The number of aryl methyl sites for hydroxylation is 1. The number of aromatic nitrogens is 2. The molecule has 3 aromatic rings. The zero-order valence-corrected chi connectivity index (χ0v) is 19.9. The minimum absolute atomic E-state index is 0.0303. The predicted molar refractivity (Wildman–Crippen MR) is 126 cm³/mol. The van der Waals surface area contributed by atoms with Gasteiger partial charge >= 0.3 is 0 Å². The molecule has 1 aromatic heterocycles. The molecule has 0 spiro atoms. The Labute approximate surface area is 191 Å². The van der Waals surface area contributed by atoms with Crippen LogP contribution in [0.2, 0.25) is 10.0 Å². The van der Waals surface area contributed by atoms with Crippen LogP contribution in [0.5, 0.6) is 10.9 Å². The number of nitrogens with zero attached hydrogens (tertiary/aromatic N) is 4. The molecule has 30 heavy (non-hydrogen) atoms. The Morgan fingerprint density at radius 1 is 1.13 bits per heavy atom. The van der Waals surface area contributed by atoms with Crippen LogP contribution in [0.3, 0.4) is 0 Å². The van der Waals surface area contributed by atoms with E-state index in [4.69, 9.17) is 27.9 Å². The predicted octanol–water partition coefficient (Wildman–Crippen LogP) is 7.10. The van der Waals surface area contributed by atoms with Crippen molar-refractivity contribution < 1.29 is 4.74 Å². The highest BCUT2D eigenvalue weighted by Crippen LogP contribution is 2.36. The molecular formula is C22H24Cl2N4OS. The van der Waals surface area contributed by atoms with Crippen molar-refractivity contribution in [3.05, 3.63) is 63.4 Å². The SMILES string of the molecule is Cc1cc(Oc2nc(C(C)c3ccc(Cl)cc3)ns2)c(Cl)cc1N=CN(C)C(C)C. The van der Waals surface area contributed by atoms with Crippen molar-refractivity contribution in [2.45, 2.75) is 39.7 Å². The maximum atomic E-state index is 6.44. The van der Waals surface area contributed by atoms with Gasteiger partial charge in [-0.2, -0.15) is 9.36 Å². The van der Waals surface area contributed by atoms with Crippen molar-refractivity contribution in [1.29, 1.82) is 0 Å². The Bertz CT molecular complexity index is 1030. The number of aliphatic imine (C=N–C) groups is 1. The van der Waals surface area contributed by atoms with Gasteiger partial charge in [0.1, 0.15) is 5.75 Å². The van der Waals surface area contributed by atoms with Gasteiger partial charge in [0.15, 0.2) is 5.82 Å². The van der Waals surface area contributed by atoms with Crippen molar-refractivity contribution in [2.75, 3.05) is 7.05 Å². The van der Waals surface area contributed by atoms with Crippen molar-refractivity contribution in [3.8, 4) is 10.9 Å². The lowest BCUT2D eigenvalue weighted by molar-refractivity contribution is 0.429. The van der Waals surface area contributed by atoms with E-state index in [0.717, 1.165) is 16.8 Å². The van der Waals surface area contributed by atoms with Gasteiger partial charge in [0.05, 0.1) is 17.0 Å². The lowest BCUT2D eigenvalue weighted by Crippen LogP contribution is -2.24. The monoisotopic (exact) mass is 462 g/mol. The Kier molecular flexibility index (Phi) is 7.34. The normalized spacial score (nSPS) is 12.5. The number of hydrogen-bond acceptors (Lipinski definition) is 5. The van der Waals surface area contributed by atoms with E-state index < -0.39 is 0 Å². The molecule has 0 aliphatic heterocycles. The van der Waals surface area contributed by atoms with Gasteiger partial charge in [0.25, 0.3) is 5.19 Å². The van der Waals surface area contributed by atoms with Crippen LogP contribution >= 0.6 is 34.7 Å². The van der Waals surface area contributed by atoms with Gasteiger partial charge in [-0.1, -0.05) is 42.3 Å². The molecule has 0 saturated carbocycles. The van der Waals surface area contributed by atoms with Crippen LogP contribution < -0.4 is 4.74 Å². The van der Waals surface area contributed by atoms with Crippen molar-refractivity contribution in [1.82, 2.24) is 14.3 Å². The third-order valence-electron chi connectivity index (χ3n) is 4.82. The summed E-state index contributed by atoms with van der Waals surface area (Å²) in [7, 11) is 1.99. The Morgan fingerprint density at radius 2 is 1.83 bits per heavy atom. The summed E-state index contributed by atoms with van der Waals surface area (Å²) in [6, 6.07) is 11.7. The highest BCUT2D eigenvalue weighted by Gasteiger charge is 2.17. The first-order valence-electron chi connectivity index (χ1n) is 9.57. The Balaban J connectivity index is 1.75. The minimum atomic E-state index is 0.0303. The summed E-state index contributed by atoms with van der Waals surface area (Å²) >= 11 is 13.6. The van der Waals surface area contributed by atoms with Crippen LogP contribution in [0.4, 0.5) is 5.69 Å². The number of ether oxygens (including phenoxy) is 1. The van der Waals surface area contributed by atoms with Crippen molar-refractivity contribution in [2.24, 2.45) is 4.99 Å². The van der Waals surface area contributed by atoms with E-state index in [-0.39, 0.29) is 5.92 Å². The molecule has 0 fully saturated rings. The molecule has 3 rings (SSSR count). The fraction of sp³-hybridized carbons (Fsp3) is 0.318. The van der Waals surface area contributed by atoms with Gasteiger partial charge < -0.3 is 9.64 Å². The van der Waals surface area contributed by atoms with E-state index in [9.17, 15) is 0 Å². The van der Waals surface area contributed by atoms with Crippen molar-refractivity contribution >= 4 is 46.8 Å². The van der Waals surface area contributed by atoms with E-state index in [1.165, 1.54) is 11.5 Å². The topological polar surface area (TPSA) is 50.6 Å². The molecule has 0 amide bonds. The Morgan fingerprint density at radius 3 is 2.50 bits per heavy atom. The third kappa shape index (κ3) is 5.50. The quantitative estimate of drug-likeness (QED) is 0.277. The first-order chi connectivity index (χ1) is 14.2. The summed E-state index contributed by atoms with van der Waals surface area (Å²) in [4.78, 5) is 11.1. The Hall–Kier alpha value is -2.15. The number of rotatable bonds is 7. The van der Waals surface area contributed by atoms with E-state index in [1.807, 2.05) is 56.1 Å². The van der Waals surface area contributed by atoms with E-state index in [0.29, 0.717) is 32.9 Å². The van der Waals surface area contributed by atoms with E-state index in [2.05, 4.69) is 28.2 Å². The second-order valence-corrected chi connectivity index (χ2v) is 8.92. The summed E-state index contributed by atoms with van der Waals surface area (Å²) in [5, 5.41) is 1.63. The molecule has 0 N–H and O–H groups in total. The first kappa shape index (κ1) is 22.5. The molecule has 1 unspecified atom stereocenters. The molecule has 5 nitrogen and oxygen atoms in total. The van der Waals surface area contributed by atoms with Crippen molar-refractivity contribution in [3.63, 3.8) is 0 Å². The van der Waals surface area contributed by atoms with Gasteiger partial charge in [0, 0.05) is 35.6 Å². The maximum absolute atomic E-state index is 6.44. The lowest BCUT2D eigenvalue weighted by Gasteiger charge is -2.17. The molecule has 0 bridgehead atoms. The molecule has 0 saturated heterocycles. The van der Waals surface area contributed by atoms with Crippen LogP contribution in [0.1, 0.15) is 43.6 Å². The van der Waals surface area contributed by atoms with E-state index >= 15 is 0 Å². The van der Waals surface area contributed by atoms with Gasteiger partial charge in [0.2, 0.25) is 0 Å². The average Bonchev–Trinajstić information content (AvgIpc) is 3.17. The summed E-state index contributed by atoms with van der Waals surface area (Å²) in [6.07, 6.45) is 1.80. The molecule has 2 aromatic carbocycles. The summed E-state index contributed by atoms with van der Waals surface area (Å²) < 4.78 is 10.4. The molecule has 1 atom stereocenters.